The van der Waals surface area contributed by atoms with Gasteiger partial charge in [0, 0.05) is 25.4 Å². The van der Waals surface area contributed by atoms with E-state index in [9.17, 15) is 4.79 Å². The SMILES string of the molecule is CSCCNC(=O)c1sc2ncnc(N3CCCCCCC3)c2c1C. The molecule has 0 unspecified atom stereocenters. The second-order valence-corrected chi connectivity index (χ2v) is 8.42. The van der Waals surface area contributed by atoms with Gasteiger partial charge in [-0.2, -0.15) is 11.8 Å². The number of aromatic nitrogens is 2. The summed E-state index contributed by atoms with van der Waals surface area (Å²) in [6, 6.07) is 0. The van der Waals surface area contributed by atoms with Crippen molar-refractivity contribution >= 4 is 45.0 Å². The number of nitrogens with zero attached hydrogens (tertiary/aromatic N) is 3. The smallest absolute Gasteiger partial charge is 0.261 e. The number of carbonyl (C=O) groups excluding carboxylic acids is 1. The topological polar surface area (TPSA) is 58.1 Å². The van der Waals surface area contributed by atoms with Crippen LogP contribution in [0.2, 0.25) is 0 Å². The third-order valence-electron chi connectivity index (χ3n) is 4.66. The van der Waals surface area contributed by atoms with Crippen molar-refractivity contribution in [1.29, 1.82) is 0 Å². The van der Waals surface area contributed by atoms with Crippen molar-refractivity contribution in [3.8, 4) is 0 Å². The zero-order chi connectivity index (χ0) is 17.6. The van der Waals surface area contributed by atoms with Crippen molar-refractivity contribution in [3.05, 3.63) is 16.8 Å². The Balaban J connectivity index is 1.91. The van der Waals surface area contributed by atoms with Crippen molar-refractivity contribution in [1.82, 2.24) is 15.3 Å². The third-order valence-corrected chi connectivity index (χ3v) is 6.47. The molecule has 7 heteroatoms. The highest BCUT2D eigenvalue weighted by atomic mass is 32.2. The van der Waals surface area contributed by atoms with Gasteiger partial charge in [0.15, 0.2) is 0 Å². The van der Waals surface area contributed by atoms with Gasteiger partial charge in [-0.25, -0.2) is 9.97 Å². The van der Waals surface area contributed by atoms with E-state index >= 15 is 0 Å². The average Bonchev–Trinajstić information content (AvgIpc) is 2.92. The van der Waals surface area contributed by atoms with E-state index in [-0.39, 0.29) is 5.91 Å². The normalized spacial score (nSPS) is 15.8. The van der Waals surface area contributed by atoms with Gasteiger partial charge >= 0.3 is 0 Å². The molecule has 0 radical (unpaired) electrons. The number of hydrogen-bond donors (Lipinski definition) is 1. The van der Waals surface area contributed by atoms with Crippen LogP contribution in [-0.4, -0.2) is 47.5 Å². The maximum absolute atomic E-state index is 12.5. The van der Waals surface area contributed by atoms with E-state index in [0.29, 0.717) is 6.54 Å². The Hall–Kier alpha value is -1.34. The Morgan fingerprint density at radius 1 is 1.24 bits per heavy atom. The Bertz CT molecular complexity index is 723. The molecule has 5 nitrogen and oxygen atoms in total. The van der Waals surface area contributed by atoms with Crippen molar-refractivity contribution in [3.63, 3.8) is 0 Å². The first-order chi connectivity index (χ1) is 12.2. The van der Waals surface area contributed by atoms with Crippen molar-refractivity contribution < 1.29 is 4.79 Å². The summed E-state index contributed by atoms with van der Waals surface area (Å²) in [5.41, 5.74) is 1.01. The number of rotatable bonds is 5. The molecule has 1 saturated heterocycles. The van der Waals surface area contributed by atoms with Crippen LogP contribution in [0.4, 0.5) is 5.82 Å². The highest BCUT2D eigenvalue weighted by Crippen LogP contribution is 2.35. The molecule has 0 bridgehead atoms. The lowest BCUT2D eigenvalue weighted by atomic mass is 10.1. The summed E-state index contributed by atoms with van der Waals surface area (Å²) >= 11 is 3.21. The molecule has 136 valence electrons. The van der Waals surface area contributed by atoms with Crippen LogP contribution in [0.3, 0.4) is 0 Å². The Labute approximate surface area is 157 Å². The minimum atomic E-state index is 0.00756. The number of thioether (sulfide) groups is 1. The molecule has 0 atom stereocenters. The minimum absolute atomic E-state index is 0.00756. The molecule has 3 heterocycles. The number of amides is 1. The van der Waals surface area contributed by atoms with Crippen LogP contribution in [0.1, 0.15) is 47.3 Å². The molecule has 3 rings (SSSR count). The van der Waals surface area contributed by atoms with Gasteiger partial charge in [-0.05, 0) is 31.6 Å². The summed E-state index contributed by atoms with van der Waals surface area (Å²) in [7, 11) is 0. The Morgan fingerprint density at radius 2 is 1.96 bits per heavy atom. The van der Waals surface area contributed by atoms with E-state index in [1.54, 1.807) is 18.1 Å². The van der Waals surface area contributed by atoms with Gasteiger partial charge in [0.1, 0.15) is 17.0 Å². The molecule has 1 aliphatic heterocycles. The number of hydrogen-bond acceptors (Lipinski definition) is 6. The predicted octanol–water partition coefficient (Wildman–Crippen LogP) is 3.86. The van der Waals surface area contributed by atoms with E-state index in [1.165, 1.54) is 43.4 Å². The first kappa shape index (κ1) is 18.5. The third kappa shape index (κ3) is 4.26. The average molecular weight is 379 g/mol. The highest BCUT2D eigenvalue weighted by Gasteiger charge is 2.22. The fourth-order valence-corrected chi connectivity index (χ4v) is 4.68. The van der Waals surface area contributed by atoms with Gasteiger partial charge in [-0.3, -0.25) is 4.79 Å². The molecule has 1 N–H and O–H groups in total. The van der Waals surface area contributed by atoms with Gasteiger partial charge in [0.25, 0.3) is 5.91 Å². The molecule has 0 saturated carbocycles. The van der Waals surface area contributed by atoms with Crippen LogP contribution < -0.4 is 10.2 Å². The molecule has 1 fully saturated rings. The van der Waals surface area contributed by atoms with Crippen molar-refractivity contribution in [2.45, 2.75) is 39.0 Å². The fraction of sp³-hybridized carbons (Fsp3) is 0.611. The largest absolute Gasteiger partial charge is 0.356 e. The van der Waals surface area contributed by atoms with E-state index in [4.69, 9.17) is 0 Å². The van der Waals surface area contributed by atoms with Gasteiger partial charge < -0.3 is 10.2 Å². The number of aryl methyl sites for hydroxylation is 1. The molecule has 1 amide bonds. The molecule has 0 aromatic carbocycles. The van der Waals surface area contributed by atoms with Crippen LogP contribution >= 0.6 is 23.1 Å². The summed E-state index contributed by atoms with van der Waals surface area (Å²) in [4.78, 5) is 25.6. The van der Waals surface area contributed by atoms with Gasteiger partial charge in [-0.15, -0.1) is 11.3 Å². The number of carbonyl (C=O) groups is 1. The zero-order valence-corrected chi connectivity index (χ0v) is 16.6. The Morgan fingerprint density at radius 3 is 2.68 bits per heavy atom. The van der Waals surface area contributed by atoms with E-state index in [1.807, 2.05) is 13.2 Å². The van der Waals surface area contributed by atoms with Gasteiger partial charge in [-0.1, -0.05) is 19.3 Å². The molecule has 25 heavy (non-hydrogen) atoms. The fourth-order valence-electron chi connectivity index (χ4n) is 3.32. The van der Waals surface area contributed by atoms with Crippen molar-refractivity contribution in [2.75, 3.05) is 36.5 Å². The summed E-state index contributed by atoms with van der Waals surface area (Å²) in [6.45, 7) is 4.80. The number of anilines is 1. The van der Waals surface area contributed by atoms with Crippen molar-refractivity contribution in [2.24, 2.45) is 0 Å². The summed E-state index contributed by atoms with van der Waals surface area (Å²) in [5.74, 6) is 1.94. The molecule has 0 aliphatic carbocycles. The van der Waals surface area contributed by atoms with Crippen LogP contribution in [-0.2, 0) is 0 Å². The summed E-state index contributed by atoms with van der Waals surface area (Å²) < 4.78 is 0. The van der Waals surface area contributed by atoms with Gasteiger partial charge in [0.05, 0.1) is 10.3 Å². The monoisotopic (exact) mass is 378 g/mol. The highest BCUT2D eigenvalue weighted by molar-refractivity contribution is 7.98. The zero-order valence-electron chi connectivity index (χ0n) is 15.0. The lowest BCUT2D eigenvalue weighted by molar-refractivity contribution is 0.0960. The second kappa shape index (κ2) is 8.85. The van der Waals surface area contributed by atoms with E-state index in [2.05, 4.69) is 20.2 Å². The first-order valence-corrected chi connectivity index (χ1v) is 11.2. The minimum Gasteiger partial charge on any atom is -0.356 e. The van der Waals surface area contributed by atoms with Crippen LogP contribution in [0.25, 0.3) is 10.2 Å². The lowest BCUT2D eigenvalue weighted by Gasteiger charge is -2.26. The van der Waals surface area contributed by atoms with Crippen LogP contribution in [0, 0.1) is 6.92 Å². The quantitative estimate of drug-likeness (QED) is 0.801. The van der Waals surface area contributed by atoms with Crippen LogP contribution in [0.5, 0.6) is 0 Å². The van der Waals surface area contributed by atoms with Gasteiger partial charge in [0.2, 0.25) is 0 Å². The maximum atomic E-state index is 12.5. The number of fused-ring (bicyclic) bond motifs is 1. The maximum Gasteiger partial charge on any atom is 0.261 e. The summed E-state index contributed by atoms with van der Waals surface area (Å²) in [6.07, 6.45) is 10.0. The summed E-state index contributed by atoms with van der Waals surface area (Å²) in [5, 5.41) is 4.07. The molecular formula is C18H26N4OS2. The number of nitrogens with one attached hydrogen (secondary N) is 1. The Kier molecular flexibility index (Phi) is 6.53. The molecule has 2 aromatic heterocycles. The lowest BCUT2D eigenvalue weighted by Crippen LogP contribution is -2.28. The molecule has 0 spiro atoms. The van der Waals surface area contributed by atoms with E-state index in [0.717, 1.165) is 45.3 Å². The first-order valence-electron chi connectivity index (χ1n) is 8.98. The molecular weight excluding hydrogens is 352 g/mol. The number of thiophene rings is 1. The second-order valence-electron chi connectivity index (χ2n) is 6.44. The predicted molar refractivity (Wildman–Crippen MR) is 108 cm³/mol. The molecule has 2 aromatic rings. The van der Waals surface area contributed by atoms with Crippen LogP contribution in [0.15, 0.2) is 6.33 Å². The standard InChI is InChI=1S/C18H26N4OS2/c1-13-14-16(22-9-6-4-3-5-7-10-22)20-12-21-18(14)25-15(13)17(23)19-8-11-24-2/h12H,3-11H2,1-2H3,(H,19,23). The molecule has 1 aliphatic rings. The van der Waals surface area contributed by atoms with E-state index < -0.39 is 0 Å².